The molecule has 4 nitrogen and oxygen atoms in total. The van der Waals surface area contributed by atoms with E-state index in [1.807, 2.05) is 0 Å². The van der Waals surface area contributed by atoms with Crippen molar-refractivity contribution in [3.05, 3.63) is 28.9 Å². The van der Waals surface area contributed by atoms with Crippen molar-refractivity contribution in [2.75, 3.05) is 6.54 Å². The maximum atomic E-state index is 11.7. The van der Waals surface area contributed by atoms with Crippen molar-refractivity contribution >= 4 is 0 Å². The van der Waals surface area contributed by atoms with Crippen molar-refractivity contribution in [3.63, 3.8) is 0 Å². The van der Waals surface area contributed by atoms with Crippen molar-refractivity contribution in [1.29, 1.82) is 0 Å². The third kappa shape index (κ3) is 3.16. The summed E-state index contributed by atoms with van der Waals surface area (Å²) in [7, 11) is 0. The molecule has 17 heavy (non-hydrogen) atoms. The van der Waals surface area contributed by atoms with Crippen LogP contribution in [0.15, 0.2) is 23.4 Å². The zero-order valence-corrected chi connectivity index (χ0v) is 10.4. The summed E-state index contributed by atoms with van der Waals surface area (Å²) in [6.45, 7) is 3.81. The average molecular weight is 235 g/mol. The molecule has 0 amide bonds. The quantitative estimate of drug-likeness (QED) is 0.839. The SMILES string of the molecule is CCNC(Cn1cnccc1=O)C1CCCC1. The molecule has 1 unspecified atom stereocenters. The molecule has 0 aromatic carbocycles. The fraction of sp³-hybridized carbons (Fsp3) is 0.692. The number of likely N-dealkylation sites (N-methyl/N-ethyl adjacent to an activating group) is 1. The van der Waals surface area contributed by atoms with Crippen molar-refractivity contribution < 1.29 is 0 Å². The number of aromatic nitrogens is 2. The molecule has 0 radical (unpaired) electrons. The van der Waals surface area contributed by atoms with E-state index in [0.717, 1.165) is 13.1 Å². The first kappa shape index (κ1) is 12.3. The molecular weight excluding hydrogens is 214 g/mol. The molecule has 1 atom stereocenters. The molecule has 1 aromatic heterocycles. The van der Waals surface area contributed by atoms with E-state index in [2.05, 4.69) is 17.2 Å². The summed E-state index contributed by atoms with van der Waals surface area (Å²) in [5, 5.41) is 3.51. The highest BCUT2D eigenvalue weighted by molar-refractivity contribution is 4.86. The minimum Gasteiger partial charge on any atom is -0.312 e. The summed E-state index contributed by atoms with van der Waals surface area (Å²) >= 11 is 0. The number of rotatable bonds is 5. The van der Waals surface area contributed by atoms with Crippen LogP contribution < -0.4 is 10.9 Å². The lowest BCUT2D eigenvalue weighted by atomic mass is 9.98. The molecule has 0 aliphatic heterocycles. The molecule has 94 valence electrons. The Morgan fingerprint density at radius 1 is 1.53 bits per heavy atom. The van der Waals surface area contributed by atoms with Crippen LogP contribution in [0.1, 0.15) is 32.6 Å². The highest BCUT2D eigenvalue weighted by Gasteiger charge is 2.24. The molecule has 1 heterocycles. The van der Waals surface area contributed by atoms with Crippen LogP contribution in [-0.2, 0) is 6.54 Å². The summed E-state index contributed by atoms with van der Waals surface area (Å²) in [6, 6.07) is 1.93. The van der Waals surface area contributed by atoms with Crippen LogP contribution >= 0.6 is 0 Å². The van der Waals surface area contributed by atoms with E-state index in [0.29, 0.717) is 12.0 Å². The first-order valence-electron chi connectivity index (χ1n) is 6.55. The third-order valence-corrected chi connectivity index (χ3v) is 3.62. The Bertz CT molecular complexity index is 396. The van der Waals surface area contributed by atoms with Gasteiger partial charge in [-0.05, 0) is 25.3 Å². The Kier molecular flexibility index (Phi) is 4.31. The fourth-order valence-corrected chi connectivity index (χ4v) is 2.73. The van der Waals surface area contributed by atoms with E-state index < -0.39 is 0 Å². The Morgan fingerprint density at radius 2 is 2.29 bits per heavy atom. The van der Waals surface area contributed by atoms with E-state index >= 15 is 0 Å². The van der Waals surface area contributed by atoms with Crippen LogP contribution in [-0.4, -0.2) is 22.1 Å². The second kappa shape index (κ2) is 5.96. The standard InChI is InChI=1S/C13H21N3O/c1-2-15-12(11-5-3-4-6-11)9-16-10-14-8-7-13(16)17/h7-8,10-12,15H,2-6,9H2,1H3. The maximum Gasteiger partial charge on any atom is 0.253 e. The molecule has 2 rings (SSSR count). The van der Waals surface area contributed by atoms with E-state index in [9.17, 15) is 4.79 Å². The molecule has 0 bridgehead atoms. The van der Waals surface area contributed by atoms with Gasteiger partial charge in [-0.25, -0.2) is 4.98 Å². The highest BCUT2D eigenvalue weighted by atomic mass is 16.1. The van der Waals surface area contributed by atoms with Gasteiger partial charge in [-0.3, -0.25) is 9.36 Å². The number of nitrogens with zero attached hydrogens (tertiary/aromatic N) is 2. The summed E-state index contributed by atoms with van der Waals surface area (Å²) in [5.74, 6) is 0.710. The Hall–Kier alpha value is -1.16. The molecule has 0 saturated heterocycles. The predicted molar refractivity (Wildman–Crippen MR) is 67.9 cm³/mol. The largest absolute Gasteiger partial charge is 0.312 e. The summed E-state index contributed by atoms with van der Waals surface area (Å²) in [5.41, 5.74) is 0.0425. The van der Waals surface area contributed by atoms with Crippen LogP contribution in [0.4, 0.5) is 0 Å². The monoisotopic (exact) mass is 235 g/mol. The van der Waals surface area contributed by atoms with Crippen molar-refractivity contribution in [1.82, 2.24) is 14.9 Å². The molecule has 1 fully saturated rings. The second-order valence-corrected chi connectivity index (χ2v) is 4.78. The van der Waals surface area contributed by atoms with Gasteiger partial charge in [0.15, 0.2) is 0 Å². The van der Waals surface area contributed by atoms with Crippen molar-refractivity contribution in [2.45, 2.75) is 45.2 Å². The number of nitrogens with one attached hydrogen (secondary N) is 1. The number of hydrogen-bond acceptors (Lipinski definition) is 3. The Morgan fingerprint density at radius 3 is 2.94 bits per heavy atom. The van der Waals surface area contributed by atoms with Crippen LogP contribution in [0.3, 0.4) is 0 Å². The maximum absolute atomic E-state index is 11.7. The van der Waals surface area contributed by atoms with Gasteiger partial charge in [0.25, 0.3) is 5.56 Å². The fourth-order valence-electron chi connectivity index (χ4n) is 2.73. The molecule has 1 aliphatic rings. The number of hydrogen-bond donors (Lipinski definition) is 1. The van der Waals surface area contributed by atoms with Gasteiger partial charge in [-0.2, -0.15) is 0 Å². The van der Waals surface area contributed by atoms with Crippen LogP contribution in [0.2, 0.25) is 0 Å². The Balaban J connectivity index is 2.06. The molecule has 1 aromatic rings. The van der Waals surface area contributed by atoms with E-state index in [-0.39, 0.29) is 5.56 Å². The van der Waals surface area contributed by atoms with Gasteiger partial charge in [0, 0.05) is 24.8 Å². The van der Waals surface area contributed by atoms with Crippen LogP contribution in [0.5, 0.6) is 0 Å². The first-order chi connectivity index (χ1) is 8.31. The zero-order chi connectivity index (χ0) is 12.1. The van der Waals surface area contributed by atoms with Gasteiger partial charge in [0.2, 0.25) is 0 Å². The highest BCUT2D eigenvalue weighted by Crippen LogP contribution is 2.28. The lowest BCUT2D eigenvalue weighted by molar-refractivity contribution is 0.323. The minimum atomic E-state index is 0.0425. The minimum absolute atomic E-state index is 0.0425. The third-order valence-electron chi connectivity index (χ3n) is 3.62. The predicted octanol–water partition coefficient (Wildman–Crippen LogP) is 1.41. The molecule has 1 saturated carbocycles. The molecule has 4 heteroatoms. The van der Waals surface area contributed by atoms with Crippen LogP contribution in [0, 0.1) is 5.92 Å². The summed E-state index contributed by atoms with van der Waals surface area (Å²) < 4.78 is 1.71. The van der Waals surface area contributed by atoms with E-state index in [4.69, 9.17) is 0 Å². The molecule has 0 spiro atoms. The van der Waals surface area contributed by atoms with Crippen molar-refractivity contribution in [2.24, 2.45) is 5.92 Å². The van der Waals surface area contributed by atoms with Gasteiger partial charge in [-0.1, -0.05) is 19.8 Å². The van der Waals surface area contributed by atoms with Crippen LogP contribution in [0.25, 0.3) is 0 Å². The van der Waals surface area contributed by atoms with Gasteiger partial charge in [-0.15, -0.1) is 0 Å². The molecule has 1 aliphatic carbocycles. The second-order valence-electron chi connectivity index (χ2n) is 4.78. The lowest BCUT2D eigenvalue weighted by Gasteiger charge is -2.24. The van der Waals surface area contributed by atoms with Gasteiger partial charge in [0.05, 0.1) is 6.33 Å². The lowest BCUT2D eigenvalue weighted by Crippen LogP contribution is -2.41. The first-order valence-corrected chi connectivity index (χ1v) is 6.55. The average Bonchev–Trinajstić information content (AvgIpc) is 2.85. The van der Waals surface area contributed by atoms with Gasteiger partial charge < -0.3 is 5.32 Å². The van der Waals surface area contributed by atoms with Gasteiger partial charge in [0.1, 0.15) is 0 Å². The smallest absolute Gasteiger partial charge is 0.253 e. The summed E-state index contributed by atoms with van der Waals surface area (Å²) in [4.78, 5) is 15.7. The Labute approximate surface area is 102 Å². The van der Waals surface area contributed by atoms with Gasteiger partial charge >= 0.3 is 0 Å². The topological polar surface area (TPSA) is 46.9 Å². The zero-order valence-electron chi connectivity index (χ0n) is 10.4. The van der Waals surface area contributed by atoms with Crippen molar-refractivity contribution in [3.8, 4) is 0 Å². The van der Waals surface area contributed by atoms with E-state index in [1.54, 1.807) is 17.1 Å². The molecular formula is C13H21N3O. The summed E-state index contributed by atoms with van der Waals surface area (Å²) in [6.07, 6.45) is 8.42. The normalized spacial score (nSPS) is 18.4. The van der Waals surface area contributed by atoms with E-state index in [1.165, 1.54) is 31.7 Å². The molecule has 1 N–H and O–H groups in total.